The van der Waals surface area contributed by atoms with Crippen LogP contribution in [-0.2, 0) is 16.2 Å². The Balaban J connectivity index is 2.06. The first-order chi connectivity index (χ1) is 11.7. The second-order valence-corrected chi connectivity index (χ2v) is 7.73. The summed E-state index contributed by atoms with van der Waals surface area (Å²) in [6, 6.07) is 10.8. The summed E-state index contributed by atoms with van der Waals surface area (Å²) >= 11 is 2.96. The minimum atomic E-state index is -4.59. The number of alkyl halides is 3. The predicted octanol–water partition coefficient (Wildman–Crippen LogP) is 4.82. The number of benzene rings is 2. The number of para-hydroxylation sites is 1. The summed E-state index contributed by atoms with van der Waals surface area (Å²) in [5, 5.41) is 0.607. The molecular weight excluding hydrogens is 421 g/mol. The highest BCUT2D eigenvalue weighted by molar-refractivity contribution is 9.10. The molecule has 0 spiro atoms. The Morgan fingerprint density at radius 3 is 2.48 bits per heavy atom. The lowest BCUT2D eigenvalue weighted by atomic mass is 10.2. The van der Waals surface area contributed by atoms with Crippen LogP contribution in [0.3, 0.4) is 0 Å². The molecule has 0 fully saturated rings. The van der Waals surface area contributed by atoms with Gasteiger partial charge in [-0.05, 0) is 30.3 Å². The van der Waals surface area contributed by atoms with E-state index in [1.165, 1.54) is 18.3 Å². The summed E-state index contributed by atoms with van der Waals surface area (Å²) in [5.41, 5.74) is -0.922. The highest BCUT2D eigenvalue weighted by Gasteiger charge is 2.31. The molecule has 1 aromatic heterocycles. The van der Waals surface area contributed by atoms with Gasteiger partial charge in [0.2, 0.25) is 0 Å². The van der Waals surface area contributed by atoms with Crippen molar-refractivity contribution in [2.75, 3.05) is 4.72 Å². The highest BCUT2D eigenvalue weighted by Crippen LogP contribution is 2.34. The highest BCUT2D eigenvalue weighted by atomic mass is 79.9. The number of rotatable bonds is 3. The van der Waals surface area contributed by atoms with Crippen LogP contribution in [0.5, 0.6) is 0 Å². The largest absolute Gasteiger partial charge is 0.416 e. The first kappa shape index (κ1) is 17.7. The lowest BCUT2D eigenvalue weighted by Gasteiger charge is -2.13. The monoisotopic (exact) mass is 430 g/mol. The third-order valence-electron chi connectivity index (χ3n) is 3.36. The van der Waals surface area contributed by atoms with E-state index in [1.54, 1.807) is 24.3 Å². The first-order valence-corrected chi connectivity index (χ1v) is 9.19. The number of pyridine rings is 1. The van der Waals surface area contributed by atoms with Gasteiger partial charge in [0.1, 0.15) is 4.90 Å². The summed E-state index contributed by atoms with van der Waals surface area (Å²) in [6.45, 7) is 0. The molecule has 3 aromatic rings. The van der Waals surface area contributed by atoms with E-state index < -0.39 is 21.8 Å². The molecule has 0 atom stereocenters. The molecule has 9 heteroatoms. The van der Waals surface area contributed by atoms with Gasteiger partial charge >= 0.3 is 6.18 Å². The van der Waals surface area contributed by atoms with Gasteiger partial charge < -0.3 is 0 Å². The molecule has 0 aliphatic heterocycles. The van der Waals surface area contributed by atoms with Crippen LogP contribution in [0.15, 0.2) is 64.1 Å². The summed E-state index contributed by atoms with van der Waals surface area (Å²) in [5.74, 6) is 0. The average Bonchev–Trinajstić information content (AvgIpc) is 2.52. The smallest absolute Gasteiger partial charge is 0.280 e. The topological polar surface area (TPSA) is 59.1 Å². The molecule has 0 radical (unpaired) electrons. The second kappa shape index (κ2) is 6.30. The normalized spacial score (nSPS) is 12.3. The van der Waals surface area contributed by atoms with Crippen molar-refractivity contribution in [3.63, 3.8) is 0 Å². The van der Waals surface area contributed by atoms with Gasteiger partial charge in [-0.15, -0.1) is 0 Å². The number of aromatic nitrogens is 1. The van der Waals surface area contributed by atoms with Crippen LogP contribution < -0.4 is 4.72 Å². The van der Waals surface area contributed by atoms with Gasteiger partial charge in [-0.3, -0.25) is 9.71 Å². The number of hydrogen-bond acceptors (Lipinski definition) is 3. The number of halogens is 4. The molecule has 0 saturated heterocycles. The summed E-state index contributed by atoms with van der Waals surface area (Å²) in [4.78, 5) is 3.94. The van der Waals surface area contributed by atoms with E-state index in [0.717, 1.165) is 12.1 Å². The third kappa shape index (κ3) is 3.77. The fraction of sp³-hybridized carbons (Fsp3) is 0.0625. The lowest BCUT2D eigenvalue weighted by Crippen LogP contribution is -2.15. The van der Waals surface area contributed by atoms with Crippen molar-refractivity contribution in [3.8, 4) is 0 Å². The number of fused-ring (bicyclic) bond motifs is 1. The number of nitrogens with zero attached hydrogens (tertiary/aromatic N) is 1. The van der Waals surface area contributed by atoms with E-state index >= 15 is 0 Å². The first-order valence-electron chi connectivity index (χ1n) is 6.91. The van der Waals surface area contributed by atoms with Crippen LogP contribution >= 0.6 is 15.9 Å². The molecule has 0 bridgehead atoms. The average molecular weight is 431 g/mol. The maximum Gasteiger partial charge on any atom is 0.416 e. The molecule has 130 valence electrons. The van der Waals surface area contributed by atoms with Crippen molar-refractivity contribution in [2.45, 2.75) is 11.1 Å². The Morgan fingerprint density at radius 1 is 1.04 bits per heavy atom. The van der Waals surface area contributed by atoms with E-state index in [4.69, 9.17) is 0 Å². The maximum absolute atomic E-state index is 12.9. The molecule has 0 unspecified atom stereocenters. The predicted molar refractivity (Wildman–Crippen MR) is 91.7 cm³/mol. The SMILES string of the molecule is O=S(=O)(Nc1cc(Br)cc(C(F)(F)F)c1)c1cccc2cccnc12. The molecule has 0 aliphatic carbocycles. The van der Waals surface area contributed by atoms with Crippen molar-refractivity contribution in [1.82, 2.24) is 4.98 Å². The van der Waals surface area contributed by atoms with Gasteiger partial charge in [0.25, 0.3) is 10.0 Å². The van der Waals surface area contributed by atoms with Gasteiger partial charge in [-0.25, -0.2) is 8.42 Å². The van der Waals surface area contributed by atoms with Crippen LogP contribution in [0.1, 0.15) is 5.56 Å². The lowest BCUT2D eigenvalue weighted by molar-refractivity contribution is -0.137. The molecular formula is C16H10BrF3N2O2S. The van der Waals surface area contributed by atoms with Crippen molar-refractivity contribution < 1.29 is 21.6 Å². The number of hydrogen-bond donors (Lipinski definition) is 1. The van der Waals surface area contributed by atoms with E-state index in [9.17, 15) is 21.6 Å². The standard InChI is InChI=1S/C16H10BrF3N2O2S/c17-12-7-11(16(18,19)20)8-13(9-12)22-25(23,24)14-5-1-3-10-4-2-6-21-15(10)14/h1-9,22H. The fourth-order valence-corrected chi connectivity index (χ4v) is 4.03. The Morgan fingerprint density at radius 2 is 1.76 bits per heavy atom. The molecule has 0 aliphatic rings. The Hall–Kier alpha value is -2.13. The zero-order chi connectivity index (χ0) is 18.2. The van der Waals surface area contributed by atoms with Gasteiger partial charge in [0.15, 0.2) is 0 Å². The molecule has 0 amide bonds. The molecule has 3 rings (SSSR count). The van der Waals surface area contributed by atoms with E-state index in [2.05, 4.69) is 25.6 Å². The van der Waals surface area contributed by atoms with Crippen LogP contribution in [0.2, 0.25) is 0 Å². The van der Waals surface area contributed by atoms with E-state index in [1.807, 2.05) is 0 Å². The number of anilines is 1. The fourth-order valence-electron chi connectivity index (χ4n) is 2.32. The molecule has 0 saturated carbocycles. The van der Waals surface area contributed by atoms with Crippen LogP contribution in [0.4, 0.5) is 18.9 Å². The van der Waals surface area contributed by atoms with E-state index in [0.29, 0.717) is 5.39 Å². The van der Waals surface area contributed by atoms with Gasteiger partial charge in [-0.1, -0.05) is 34.1 Å². The molecule has 1 heterocycles. The molecule has 25 heavy (non-hydrogen) atoms. The molecule has 4 nitrogen and oxygen atoms in total. The molecule has 1 N–H and O–H groups in total. The number of nitrogens with one attached hydrogen (secondary N) is 1. The molecule has 2 aromatic carbocycles. The zero-order valence-corrected chi connectivity index (χ0v) is 14.8. The van der Waals surface area contributed by atoms with Gasteiger partial charge in [-0.2, -0.15) is 13.2 Å². The Bertz CT molecular complexity index is 1050. The van der Waals surface area contributed by atoms with Crippen LogP contribution in [0.25, 0.3) is 10.9 Å². The summed E-state index contributed by atoms with van der Waals surface area (Å²) in [6.07, 6.45) is -3.15. The van der Waals surface area contributed by atoms with Crippen molar-refractivity contribution in [1.29, 1.82) is 0 Å². The minimum absolute atomic E-state index is 0.107. The van der Waals surface area contributed by atoms with Gasteiger partial charge in [0.05, 0.1) is 16.8 Å². The van der Waals surface area contributed by atoms with Gasteiger partial charge in [0, 0.05) is 16.1 Å². The number of sulfonamides is 1. The van der Waals surface area contributed by atoms with Crippen molar-refractivity contribution in [2.24, 2.45) is 0 Å². The zero-order valence-electron chi connectivity index (χ0n) is 12.4. The van der Waals surface area contributed by atoms with Crippen LogP contribution in [0, 0.1) is 0 Å². The van der Waals surface area contributed by atoms with E-state index in [-0.39, 0.29) is 20.6 Å². The summed E-state index contributed by atoms with van der Waals surface area (Å²) in [7, 11) is -4.12. The van der Waals surface area contributed by atoms with Crippen molar-refractivity contribution >= 4 is 42.5 Å². The quantitative estimate of drug-likeness (QED) is 0.647. The third-order valence-corrected chi connectivity index (χ3v) is 5.23. The van der Waals surface area contributed by atoms with Crippen molar-refractivity contribution in [3.05, 3.63) is 64.8 Å². The maximum atomic E-state index is 12.9. The Kier molecular flexibility index (Phi) is 4.46. The Labute approximate surface area is 149 Å². The second-order valence-electron chi connectivity index (χ2n) is 5.16. The minimum Gasteiger partial charge on any atom is -0.280 e. The summed E-state index contributed by atoms with van der Waals surface area (Å²) < 4.78 is 66.3. The van der Waals surface area contributed by atoms with Crippen LogP contribution in [-0.4, -0.2) is 13.4 Å².